The summed E-state index contributed by atoms with van der Waals surface area (Å²) in [6.07, 6.45) is 1.04. The van der Waals surface area contributed by atoms with Crippen LogP contribution in [0.25, 0.3) is 22.1 Å². The zero-order valence-corrected chi connectivity index (χ0v) is 25.4. The van der Waals surface area contributed by atoms with E-state index in [9.17, 15) is 0 Å². The number of fused-ring (bicyclic) bond motifs is 4. The molecule has 0 saturated carbocycles. The molecule has 2 heterocycles. The van der Waals surface area contributed by atoms with Crippen LogP contribution in [-0.2, 0) is 24.9 Å². The number of para-hydroxylation sites is 6. The summed E-state index contributed by atoms with van der Waals surface area (Å²) in [5.74, 6) is 0. The van der Waals surface area contributed by atoms with Crippen molar-refractivity contribution in [3.05, 3.63) is 108 Å². The van der Waals surface area contributed by atoms with E-state index >= 15 is 0 Å². The first-order chi connectivity index (χ1) is 17.5. The van der Waals surface area contributed by atoms with Gasteiger partial charge in [0.05, 0.1) is 22.1 Å². The number of aromatic nitrogens is 2. The molecular weight excluding hydrogens is 516 g/mol. The van der Waals surface area contributed by atoms with E-state index in [-0.39, 0.29) is 0 Å². The van der Waals surface area contributed by atoms with Crippen molar-refractivity contribution in [3.8, 4) is 0 Å². The van der Waals surface area contributed by atoms with E-state index < -0.39 is 18.5 Å². The first kappa shape index (κ1) is 28.5. The van der Waals surface area contributed by atoms with Gasteiger partial charge in [-0.15, -0.1) is 0 Å². The number of nitrogens with one attached hydrogen (secondary N) is 1. The molecule has 6 rings (SSSR count). The molecule has 0 bridgehead atoms. The van der Waals surface area contributed by atoms with E-state index in [1.165, 1.54) is 66.1 Å². The van der Waals surface area contributed by atoms with Crippen LogP contribution in [-0.4, -0.2) is 70.4 Å². The molecule has 1 aliphatic rings. The zero-order valence-electron chi connectivity index (χ0n) is 19.8. The van der Waals surface area contributed by atoms with Gasteiger partial charge in [-0.3, -0.25) is 0 Å². The second-order valence-corrected chi connectivity index (χ2v) is 9.67. The SMILES string of the molecule is O=S(=O)=S(=O)=O.[Na][Na].c1ccc2c(c1)Cc1ccccc1N2.c1ccc2nc3ccccc3nc2c1. The molecule has 0 fully saturated rings. The third kappa shape index (κ3) is 7.96. The topological polar surface area (TPSA) is 106 Å². The van der Waals surface area contributed by atoms with E-state index in [0.29, 0.717) is 0 Å². The number of nitrogens with zero attached hydrogens (tertiary/aromatic N) is 2. The number of benzene rings is 4. The van der Waals surface area contributed by atoms with Crippen molar-refractivity contribution < 1.29 is 16.8 Å². The van der Waals surface area contributed by atoms with Crippen molar-refractivity contribution in [3.63, 3.8) is 0 Å². The zero-order chi connectivity index (χ0) is 25.9. The summed E-state index contributed by atoms with van der Waals surface area (Å²) in [5.41, 5.74) is 9.05. The van der Waals surface area contributed by atoms with Crippen LogP contribution in [0.1, 0.15) is 11.1 Å². The van der Waals surface area contributed by atoms with Crippen LogP contribution in [0.5, 0.6) is 0 Å². The number of hydrogen-bond donors (Lipinski definition) is 1. The molecule has 1 aliphatic heterocycles. The van der Waals surface area contributed by atoms with Crippen LogP contribution in [0.2, 0.25) is 0 Å². The second-order valence-electron chi connectivity index (χ2n) is 7.23. The molecule has 0 radical (unpaired) electrons. The Bertz CT molecular complexity index is 1510. The average Bonchev–Trinajstić information content (AvgIpc) is 2.92. The van der Waals surface area contributed by atoms with Gasteiger partial charge in [-0.05, 0) is 47.5 Å². The summed E-state index contributed by atoms with van der Waals surface area (Å²) in [7, 11) is -5.90. The van der Waals surface area contributed by atoms with Crippen molar-refractivity contribution >= 4 is 95.6 Å². The Kier molecular flexibility index (Phi) is 11.6. The Labute approximate surface area is 239 Å². The fourth-order valence-corrected chi connectivity index (χ4v) is 3.51. The quantitative estimate of drug-likeness (QED) is 0.231. The Morgan fingerprint density at radius 2 is 0.833 bits per heavy atom. The summed E-state index contributed by atoms with van der Waals surface area (Å²) in [6.45, 7) is 0. The van der Waals surface area contributed by atoms with E-state index in [1.54, 1.807) is 0 Å². The number of anilines is 2. The molecule has 7 nitrogen and oxygen atoms in total. The fourth-order valence-electron chi connectivity index (χ4n) is 3.51. The van der Waals surface area contributed by atoms with Gasteiger partial charge in [-0.2, -0.15) is 16.8 Å². The standard InChI is InChI=1S/C13H11N.C12H8N2.2Na.O4S2/c1-3-7-12-10(5-1)9-11-6-2-4-8-13(11)14-12;1-2-6-10-9(5-1)13-11-7-3-4-8-12(11)14-10;;;1-5(2)6(3)4/h1-8,14H,9H2;1-8H;;;. The van der Waals surface area contributed by atoms with Crippen LogP contribution in [0.15, 0.2) is 97.1 Å². The third-order valence-corrected chi connectivity index (χ3v) is 5.93. The first-order valence-corrected chi connectivity index (χ1v) is 21.9. The Morgan fingerprint density at radius 3 is 1.17 bits per heavy atom. The molecular formula is C25H19N3Na2O4S2. The van der Waals surface area contributed by atoms with Crippen LogP contribution < -0.4 is 5.32 Å². The average molecular weight is 536 g/mol. The minimum absolute atomic E-state index is 0.950. The monoisotopic (exact) mass is 535 g/mol. The largest absolute Gasteiger partial charge is 0.355 e. The van der Waals surface area contributed by atoms with Crippen molar-refractivity contribution in [2.45, 2.75) is 6.42 Å². The van der Waals surface area contributed by atoms with Crippen molar-refractivity contribution in [2.24, 2.45) is 0 Å². The van der Waals surface area contributed by atoms with Crippen LogP contribution >= 0.6 is 0 Å². The van der Waals surface area contributed by atoms with Gasteiger partial charge in [0.2, 0.25) is 0 Å². The van der Waals surface area contributed by atoms with Crippen LogP contribution in [0.3, 0.4) is 0 Å². The Morgan fingerprint density at radius 1 is 0.528 bits per heavy atom. The van der Waals surface area contributed by atoms with Gasteiger partial charge < -0.3 is 5.32 Å². The molecule has 1 aromatic heterocycles. The second kappa shape index (κ2) is 14.6. The minimum Gasteiger partial charge on any atom is -0.355 e. The van der Waals surface area contributed by atoms with Crippen molar-refractivity contribution in [2.75, 3.05) is 5.32 Å². The first-order valence-electron chi connectivity index (χ1n) is 11.2. The van der Waals surface area contributed by atoms with Gasteiger partial charge in [0.25, 0.3) is 0 Å². The van der Waals surface area contributed by atoms with Crippen molar-refractivity contribution in [1.82, 2.24) is 9.97 Å². The van der Waals surface area contributed by atoms with Gasteiger partial charge in [0.15, 0.2) is 0 Å². The predicted molar refractivity (Wildman–Crippen MR) is 145 cm³/mol. The molecule has 0 saturated heterocycles. The Hall–Kier alpha value is -2.08. The summed E-state index contributed by atoms with van der Waals surface area (Å²) in [5, 5.41) is 3.44. The maximum Gasteiger partial charge on any atom is 0.0894 e. The van der Waals surface area contributed by atoms with Crippen LogP contribution in [0, 0.1) is 0 Å². The molecule has 0 amide bonds. The number of rotatable bonds is 0. The van der Waals surface area contributed by atoms with Crippen molar-refractivity contribution in [1.29, 1.82) is 0 Å². The molecule has 1 N–H and O–H groups in total. The van der Waals surface area contributed by atoms with E-state index in [1.807, 2.05) is 48.5 Å². The van der Waals surface area contributed by atoms with Gasteiger partial charge in [-0.1, -0.05) is 60.7 Å². The number of hydrogen-bond acceptors (Lipinski definition) is 7. The summed E-state index contributed by atoms with van der Waals surface area (Å²) < 4.78 is 36.3. The van der Waals surface area contributed by atoms with Gasteiger partial charge >= 0.3 is 62.1 Å². The molecule has 5 aromatic rings. The normalized spacial score (nSPS) is 10.6. The molecule has 36 heavy (non-hydrogen) atoms. The van der Waals surface area contributed by atoms with Gasteiger partial charge in [0, 0.05) is 17.8 Å². The molecule has 11 heteroatoms. The maximum absolute atomic E-state index is 9.09. The van der Waals surface area contributed by atoms with E-state index in [2.05, 4.69) is 63.8 Å². The van der Waals surface area contributed by atoms with E-state index in [0.717, 1.165) is 28.5 Å². The summed E-state index contributed by atoms with van der Waals surface area (Å²) >= 11 is 2.89. The Balaban J connectivity index is 0.000000157. The summed E-state index contributed by atoms with van der Waals surface area (Å²) in [6, 6.07) is 32.8. The molecule has 4 aromatic carbocycles. The molecule has 0 spiro atoms. The molecule has 172 valence electrons. The van der Waals surface area contributed by atoms with Gasteiger partial charge in [0.1, 0.15) is 0 Å². The molecule has 0 aliphatic carbocycles. The predicted octanol–water partition coefficient (Wildman–Crippen LogP) is 4.02. The summed E-state index contributed by atoms with van der Waals surface area (Å²) in [4.78, 5) is 9.03. The van der Waals surface area contributed by atoms with E-state index in [4.69, 9.17) is 16.8 Å². The fraction of sp³-hybridized carbons (Fsp3) is 0.0400. The minimum atomic E-state index is -2.95. The van der Waals surface area contributed by atoms with Gasteiger partial charge in [-0.25, -0.2) is 9.97 Å². The molecule has 0 atom stereocenters. The third-order valence-electron chi connectivity index (χ3n) is 5.04. The smallest absolute Gasteiger partial charge is 0.0894 e. The van der Waals surface area contributed by atoms with Crippen LogP contribution in [0.4, 0.5) is 11.4 Å². The maximum atomic E-state index is 9.09. The molecule has 0 unspecified atom stereocenters.